The highest BCUT2D eigenvalue weighted by molar-refractivity contribution is 8.00. The van der Waals surface area contributed by atoms with Crippen molar-refractivity contribution in [3.05, 3.63) is 87.1 Å². The van der Waals surface area contributed by atoms with Crippen LogP contribution in [0.3, 0.4) is 0 Å². The molecule has 1 saturated carbocycles. The SMILES string of the molecule is Cc1ccc(-n2nc(-c3ccc(Cl)cc3)c3c2N(CC(=O)NC2CC2)C(=O)CS[C@@H]3c2cccs2)cc1. The lowest BCUT2D eigenvalue weighted by molar-refractivity contribution is -0.123. The molecule has 0 radical (unpaired) electrons. The molecule has 1 aliphatic heterocycles. The molecule has 0 saturated heterocycles. The molecule has 1 fully saturated rings. The maximum atomic E-state index is 13.6. The average molecular weight is 549 g/mol. The summed E-state index contributed by atoms with van der Waals surface area (Å²) in [5.41, 5.74) is 4.58. The topological polar surface area (TPSA) is 67.2 Å². The number of carbonyl (C=O) groups is 2. The van der Waals surface area contributed by atoms with E-state index in [0.717, 1.165) is 45.8 Å². The van der Waals surface area contributed by atoms with Gasteiger partial charge in [0.1, 0.15) is 12.4 Å². The van der Waals surface area contributed by atoms with Crippen molar-refractivity contribution < 1.29 is 9.59 Å². The van der Waals surface area contributed by atoms with E-state index in [1.165, 1.54) is 0 Å². The predicted octanol–water partition coefficient (Wildman–Crippen LogP) is 6.01. The van der Waals surface area contributed by atoms with Crippen LogP contribution in [0.15, 0.2) is 66.0 Å². The van der Waals surface area contributed by atoms with Crippen LogP contribution in [0.4, 0.5) is 5.82 Å². The number of aromatic nitrogens is 2. The zero-order valence-corrected chi connectivity index (χ0v) is 22.6. The first-order chi connectivity index (χ1) is 18.0. The second-order valence-electron chi connectivity index (χ2n) is 9.37. The average Bonchev–Trinajstić information content (AvgIpc) is 3.41. The van der Waals surface area contributed by atoms with Gasteiger partial charge >= 0.3 is 0 Å². The van der Waals surface area contributed by atoms with Gasteiger partial charge in [-0.05, 0) is 55.5 Å². The summed E-state index contributed by atoms with van der Waals surface area (Å²) in [6, 6.07) is 20.0. The Bertz CT molecular complexity index is 1440. The summed E-state index contributed by atoms with van der Waals surface area (Å²) in [5, 5.41) is 10.7. The third kappa shape index (κ3) is 4.93. The van der Waals surface area contributed by atoms with Crippen LogP contribution >= 0.6 is 34.7 Å². The number of nitrogens with zero attached hydrogens (tertiary/aromatic N) is 3. The Morgan fingerprint density at radius 1 is 1.11 bits per heavy atom. The summed E-state index contributed by atoms with van der Waals surface area (Å²) in [7, 11) is 0. The number of benzene rings is 2. The van der Waals surface area contributed by atoms with Gasteiger partial charge in [-0.15, -0.1) is 23.1 Å². The number of fused-ring (bicyclic) bond motifs is 1. The van der Waals surface area contributed by atoms with Crippen molar-refractivity contribution in [1.82, 2.24) is 15.1 Å². The van der Waals surface area contributed by atoms with Gasteiger partial charge in [0, 0.05) is 27.1 Å². The molecule has 37 heavy (non-hydrogen) atoms. The van der Waals surface area contributed by atoms with Crippen molar-refractivity contribution in [3.63, 3.8) is 0 Å². The molecule has 1 aliphatic carbocycles. The van der Waals surface area contributed by atoms with Gasteiger partial charge in [0.25, 0.3) is 0 Å². The molecule has 0 unspecified atom stereocenters. The van der Waals surface area contributed by atoms with E-state index in [9.17, 15) is 9.59 Å². The highest BCUT2D eigenvalue weighted by Crippen LogP contribution is 2.49. The Labute approximate surface area is 228 Å². The van der Waals surface area contributed by atoms with E-state index in [1.54, 1.807) is 28.0 Å². The van der Waals surface area contributed by atoms with Crippen molar-refractivity contribution in [2.75, 3.05) is 17.2 Å². The molecule has 188 valence electrons. The van der Waals surface area contributed by atoms with Gasteiger partial charge in [-0.25, -0.2) is 4.68 Å². The Hall–Kier alpha value is -3.07. The van der Waals surface area contributed by atoms with Gasteiger partial charge in [-0.3, -0.25) is 14.5 Å². The number of thioether (sulfide) groups is 1. The molecular formula is C28H25ClN4O2S2. The number of hydrogen-bond acceptors (Lipinski definition) is 5. The minimum Gasteiger partial charge on any atom is -0.352 e. The lowest BCUT2D eigenvalue weighted by Crippen LogP contribution is -2.43. The number of rotatable bonds is 6. The lowest BCUT2D eigenvalue weighted by Gasteiger charge is -2.23. The normalized spacial score (nSPS) is 17.4. The fourth-order valence-corrected chi connectivity index (χ4v) is 6.82. The second kappa shape index (κ2) is 10.0. The number of thiophene rings is 1. The maximum absolute atomic E-state index is 13.6. The Kier molecular flexibility index (Phi) is 6.56. The Morgan fingerprint density at radius 3 is 2.54 bits per heavy atom. The van der Waals surface area contributed by atoms with E-state index in [2.05, 4.69) is 16.8 Å². The molecular weight excluding hydrogens is 524 g/mol. The quantitative estimate of drug-likeness (QED) is 0.320. The third-order valence-electron chi connectivity index (χ3n) is 6.53. The standard InChI is InChI=1S/C28H25ClN4O2S2/c1-17-4-12-21(13-5-17)33-28-25(26(31-33)18-6-8-19(29)9-7-18)27(22-3-2-14-36-22)37-16-24(35)32(28)15-23(34)30-20-10-11-20/h2-9,12-14,20,27H,10-11,15-16H2,1H3,(H,30,34)/t27-/m1/s1. The van der Waals surface area contributed by atoms with Crippen molar-refractivity contribution in [1.29, 1.82) is 0 Å². The largest absolute Gasteiger partial charge is 0.352 e. The molecule has 4 aromatic rings. The zero-order valence-electron chi connectivity index (χ0n) is 20.2. The highest BCUT2D eigenvalue weighted by atomic mass is 35.5. The first-order valence-electron chi connectivity index (χ1n) is 12.2. The molecule has 0 bridgehead atoms. The van der Waals surface area contributed by atoms with Gasteiger partial charge < -0.3 is 5.32 Å². The van der Waals surface area contributed by atoms with Crippen LogP contribution in [0.1, 0.15) is 34.1 Å². The number of halogens is 1. The molecule has 2 aromatic heterocycles. The van der Waals surface area contributed by atoms with Gasteiger partial charge in [-0.1, -0.05) is 47.5 Å². The Balaban J connectivity index is 1.59. The van der Waals surface area contributed by atoms with Crippen LogP contribution in [-0.4, -0.2) is 39.9 Å². The molecule has 9 heteroatoms. The van der Waals surface area contributed by atoms with Crippen molar-refractivity contribution in [3.8, 4) is 16.9 Å². The maximum Gasteiger partial charge on any atom is 0.240 e. The van der Waals surface area contributed by atoms with Crippen LogP contribution < -0.4 is 10.2 Å². The Morgan fingerprint density at radius 2 is 1.86 bits per heavy atom. The molecule has 3 heterocycles. The summed E-state index contributed by atoms with van der Waals surface area (Å²) >= 11 is 9.46. The first kappa shape index (κ1) is 24.3. The lowest BCUT2D eigenvalue weighted by atomic mass is 10.0. The summed E-state index contributed by atoms with van der Waals surface area (Å²) in [5.74, 6) is 0.661. The molecule has 6 nitrogen and oxygen atoms in total. The molecule has 0 spiro atoms. The van der Waals surface area contributed by atoms with Gasteiger partial charge in [0.05, 0.1) is 22.4 Å². The van der Waals surface area contributed by atoms with Crippen LogP contribution in [0, 0.1) is 6.92 Å². The number of carbonyl (C=O) groups excluding carboxylic acids is 2. The van der Waals surface area contributed by atoms with Crippen molar-refractivity contribution >= 4 is 52.3 Å². The second-order valence-corrected chi connectivity index (χ2v) is 11.9. The van der Waals surface area contributed by atoms with Gasteiger partial charge in [0.15, 0.2) is 0 Å². The summed E-state index contributed by atoms with van der Waals surface area (Å²) in [6.07, 6.45) is 1.98. The minimum absolute atomic E-state index is 0.0440. The van der Waals surface area contributed by atoms with E-state index in [1.807, 2.05) is 66.2 Å². The number of aryl methyl sites for hydroxylation is 1. The molecule has 2 aliphatic rings. The van der Waals surface area contributed by atoms with Crippen LogP contribution in [0.2, 0.25) is 5.02 Å². The fourth-order valence-electron chi connectivity index (χ4n) is 4.52. The first-order valence-corrected chi connectivity index (χ1v) is 14.5. The van der Waals surface area contributed by atoms with E-state index >= 15 is 0 Å². The fraction of sp³-hybridized carbons (Fsp3) is 0.250. The number of anilines is 1. The monoisotopic (exact) mass is 548 g/mol. The molecule has 1 N–H and O–H groups in total. The molecule has 2 aromatic carbocycles. The summed E-state index contributed by atoms with van der Waals surface area (Å²) in [6.45, 7) is 1.99. The summed E-state index contributed by atoms with van der Waals surface area (Å²) < 4.78 is 1.83. The van der Waals surface area contributed by atoms with Crippen LogP contribution in [0.25, 0.3) is 16.9 Å². The number of hydrogen-bond donors (Lipinski definition) is 1. The highest BCUT2D eigenvalue weighted by Gasteiger charge is 2.38. The minimum atomic E-state index is -0.147. The van der Waals surface area contributed by atoms with E-state index in [4.69, 9.17) is 16.7 Å². The van der Waals surface area contributed by atoms with E-state index < -0.39 is 0 Å². The zero-order chi connectivity index (χ0) is 25.5. The molecule has 1 atom stereocenters. The van der Waals surface area contributed by atoms with Gasteiger partial charge in [0.2, 0.25) is 11.8 Å². The van der Waals surface area contributed by atoms with Crippen molar-refractivity contribution in [2.24, 2.45) is 0 Å². The van der Waals surface area contributed by atoms with Crippen molar-refractivity contribution in [2.45, 2.75) is 31.1 Å². The molecule has 2 amide bonds. The smallest absolute Gasteiger partial charge is 0.240 e. The predicted molar refractivity (Wildman–Crippen MR) is 151 cm³/mol. The van der Waals surface area contributed by atoms with E-state index in [0.29, 0.717) is 10.8 Å². The third-order valence-corrected chi connectivity index (χ3v) is 9.11. The summed E-state index contributed by atoms with van der Waals surface area (Å²) in [4.78, 5) is 29.4. The van der Waals surface area contributed by atoms with Crippen LogP contribution in [0.5, 0.6) is 0 Å². The van der Waals surface area contributed by atoms with Gasteiger partial charge in [-0.2, -0.15) is 5.10 Å². The molecule has 6 rings (SSSR count). The number of nitrogens with one attached hydrogen (secondary N) is 1. The van der Waals surface area contributed by atoms with Crippen LogP contribution in [-0.2, 0) is 9.59 Å². The number of amides is 2. The van der Waals surface area contributed by atoms with E-state index in [-0.39, 0.29) is 35.4 Å².